The lowest BCUT2D eigenvalue weighted by Crippen LogP contribution is -2.15. The molecule has 1 aromatic heterocycles. The molecule has 0 radical (unpaired) electrons. The molecular formula is C12H13Cl2N3. The second-order valence-electron chi connectivity index (χ2n) is 3.79. The van der Waals surface area contributed by atoms with E-state index >= 15 is 0 Å². The van der Waals surface area contributed by atoms with E-state index in [4.69, 9.17) is 23.2 Å². The molecule has 5 heteroatoms. The van der Waals surface area contributed by atoms with E-state index in [0.717, 1.165) is 22.8 Å². The van der Waals surface area contributed by atoms with E-state index in [1.165, 1.54) is 0 Å². The van der Waals surface area contributed by atoms with Crippen LogP contribution in [-0.4, -0.2) is 9.78 Å². The first-order valence-corrected chi connectivity index (χ1v) is 6.04. The number of benzene rings is 1. The summed E-state index contributed by atoms with van der Waals surface area (Å²) in [4.78, 5) is 0. The molecule has 1 N–H and O–H groups in total. The minimum absolute atomic E-state index is 0.685. The third kappa shape index (κ3) is 3.22. The molecule has 0 aliphatic rings. The fraction of sp³-hybridized carbons (Fsp3) is 0.250. The Kier molecular flexibility index (Phi) is 4.05. The number of rotatable bonds is 4. The van der Waals surface area contributed by atoms with Gasteiger partial charge in [0.05, 0.1) is 5.69 Å². The first kappa shape index (κ1) is 12.4. The number of halogens is 2. The van der Waals surface area contributed by atoms with E-state index in [9.17, 15) is 0 Å². The van der Waals surface area contributed by atoms with Gasteiger partial charge >= 0.3 is 0 Å². The van der Waals surface area contributed by atoms with Crippen molar-refractivity contribution < 1.29 is 0 Å². The molecule has 0 saturated carbocycles. The van der Waals surface area contributed by atoms with Crippen LogP contribution in [0.15, 0.2) is 30.5 Å². The Hall–Kier alpha value is -1.03. The zero-order valence-electron chi connectivity index (χ0n) is 9.45. The highest BCUT2D eigenvalue weighted by Gasteiger charge is 2.02. The van der Waals surface area contributed by atoms with Gasteiger partial charge in [0.25, 0.3) is 0 Å². The molecule has 0 saturated heterocycles. The molecular weight excluding hydrogens is 257 g/mol. The van der Waals surface area contributed by atoms with E-state index in [1.54, 1.807) is 12.3 Å². The molecule has 0 aliphatic heterocycles. The van der Waals surface area contributed by atoms with E-state index in [0.29, 0.717) is 11.6 Å². The number of nitrogens with zero attached hydrogens (tertiary/aromatic N) is 2. The van der Waals surface area contributed by atoms with Crippen molar-refractivity contribution in [2.45, 2.75) is 13.1 Å². The van der Waals surface area contributed by atoms with Crippen molar-refractivity contribution in [1.29, 1.82) is 0 Å². The van der Waals surface area contributed by atoms with Crippen molar-refractivity contribution >= 4 is 23.2 Å². The van der Waals surface area contributed by atoms with Crippen molar-refractivity contribution in [2.75, 3.05) is 0 Å². The van der Waals surface area contributed by atoms with Gasteiger partial charge in [0.15, 0.2) is 0 Å². The zero-order valence-corrected chi connectivity index (χ0v) is 11.0. The topological polar surface area (TPSA) is 29.9 Å². The van der Waals surface area contributed by atoms with E-state index in [1.807, 2.05) is 29.9 Å². The summed E-state index contributed by atoms with van der Waals surface area (Å²) >= 11 is 12.0. The van der Waals surface area contributed by atoms with Crippen LogP contribution in [0.5, 0.6) is 0 Å². The number of hydrogen-bond acceptors (Lipinski definition) is 2. The van der Waals surface area contributed by atoms with Crippen molar-refractivity contribution in [3.63, 3.8) is 0 Å². The van der Waals surface area contributed by atoms with Gasteiger partial charge in [0.2, 0.25) is 0 Å². The summed E-state index contributed by atoms with van der Waals surface area (Å²) in [6.07, 6.45) is 1.78. The van der Waals surface area contributed by atoms with Crippen molar-refractivity contribution in [3.8, 4) is 0 Å². The Morgan fingerprint density at radius 2 is 2.06 bits per heavy atom. The lowest BCUT2D eigenvalue weighted by atomic mass is 10.2. The Morgan fingerprint density at radius 1 is 1.24 bits per heavy atom. The third-order valence-electron chi connectivity index (χ3n) is 2.55. The van der Waals surface area contributed by atoms with Crippen LogP contribution in [0.4, 0.5) is 0 Å². The summed E-state index contributed by atoms with van der Waals surface area (Å²) in [6.45, 7) is 1.43. The zero-order chi connectivity index (χ0) is 12.3. The van der Waals surface area contributed by atoms with Crippen molar-refractivity contribution in [2.24, 2.45) is 7.05 Å². The molecule has 0 unspecified atom stereocenters. The SMILES string of the molecule is Cn1nccc1CNCc1cc(Cl)ccc1Cl. The van der Waals surface area contributed by atoms with Gasteiger partial charge < -0.3 is 5.32 Å². The first-order valence-electron chi connectivity index (χ1n) is 5.28. The maximum absolute atomic E-state index is 6.07. The van der Waals surface area contributed by atoms with Gasteiger partial charge in [-0.05, 0) is 29.8 Å². The number of aryl methyl sites for hydroxylation is 1. The fourth-order valence-electron chi connectivity index (χ4n) is 1.58. The van der Waals surface area contributed by atoms with Crippen LogP contribution in [0.1, 0.15) is 11.3 Å². The second kappa shape index (κ2) is 5.54. The van der Waals surface area contributed by atoms with Gasteiger partial charge in [-0.25, -0.2) is 0 Å². The summed E-state index contributed by atoms with van der Waals surface area (Å²) in [7, 11) is 1.92. The lowest BCUT2D eigenvalue weighted by molar-refractivity contribution is 0.626. The van der Waals surface area contributed by atoms with E-state index in [2.05, 4.69) is 10.4 Å². The van der Waals surface area contributed by atoms with Gasteiger partial charge in [-0.15, -0.1) is 0 Å². The Labute approximate surface area is 110 Å². The number of aromatic nitrogens is 2. The minimum Gasteiger partial charge on any atom is -0.307 e. The molecule has 0 bridgehead atoms. The maximum atomic E-state index is 6.07. The molecule has 3 nitrogen and oxygen atoms in total. The highest BCUT2D eigenvalue weighted by molar-refractivity contribution is 6.33. The molecule has 1 aromatic carbocycles. The van der Waals surface area contributed by atoms with Crippen LogP contribution in [0.25, 0.3) is 0 Å². The molecule has 1 heterocycles. The summed E-state index contributed by atoms with van der Waals surface area (Å²) in [5, 5.41) is 8.84. The average Bonchev–Trinajstić information content (AvgIpc) is 2.70. The van der Waals surface area contributed by atoms with Crippen LogP contribution in [0, 0.1) is 0 Å². The Balaban J connectivity index is 1.94. The first-order chi connectivity index (χ1) is 8.16. The number of nitrogens with one attached hydrogen (secondary N) is 1. The molecule has 0 spiro atoms. The molecule has 0 aliphatic carbocycles. The van der Waals surface area contributed by atoms with Crippen LogP contribution in [0.2, 0.25) is 10.0 Å². The predicted octanol–water partition coefficient (Wildman–Crippen LogP) is 3.02. The average molecular weight is 270 g/mol. The standard InChI is InChI=1S/C12H13Cl2N3/c1-17-11(4-5-16-17)8-15-7-9-6-10(13)2-3-12(9)14/h2-6,15H,7-8H2,1H3. The smallest absolute Gasteiger partial charge is 0.0518 e. The molecule has 2 aromatic rings. The highest BCUT2D eigenvalue weighted by atomic mass is 35.5. The van der Waals surface area contributed by atoms with Crippen molar-refractivity contribution in [1.82, 2.24) is 15.1 Å². The Morgan fingerprint density at radius 3 is 2.76 bits per heavy atom. The fourth-order valence-corrected chi connectivity index (χ4v) is 1.96. The summed E-state index contributed by atoms with van der Waals surface area (Å²) < 4.78 is 1.84. The molecule has 0 atom stereocenters. The summed E-state index contributed by atoms with van der Waals surface area (Å²) in [5.41, 5.74) is 2.13. The van der Waals surface area contributed by atoms with Crippen molar-refractivity contribution in [3.05, 3.63) is 51.8 Å². The van der Waals surface area contributed by atoms with Gasteiger partial charge in [0.1, 0.15) is 0 Å². The van der Waals surface area contributed by atoms with Crippen LogP contribution < -0.4 is 5.32 Å². The molecule has 0 fully saturated rings. The van der Waals surface area contributed by atoms with E-state index in [-0.39, 0.29) is 0 Å². The highest BCUT2D eigenvalue weighted by Crippen LogP contribution is 2.20. The normalized spacial score (nSPS) is 10.8. The van der Waals surface area contributed by atoms with E-state index < -0.39 is 0 Å². The van der Waals surface area contributed by atoms with Crippen LogP contribution >= 0.6 is 23.2 Å². The molecule has 2 rings (SSSR count). The van der Waals surface area contributed by atoms with Gasteiger partial charge in [0, 0.05) is 36.4 Å². The van der Waals surface area contributed by atoms with Crippen LogP contribution in [0.3, 0.4) is 0 Å². The largest absolute Gasteiger partial charge is 0.307 e. The number of hydrogen-bond donors (Lipinski definition) is 1. The molecule has 0 amide bonds. The van der Waals surface area contributed by atoms with Gasteiger partial charge in [-0.3, -0.25) is 4.68 Å². The maximum Gasteiger partial charge on any atom is 0.0518 e. The molecule has 90 valence electrons. The summed E-state index contributed by atoms with van der Waals surface area (Å²) in [5.74, 6) is 0. The quantitative estimate of drug-likeness (QED) is 0.925. The van der Waals surface area contributed by atoms with Crippen LogP contribution in [-0.2, 0) is 20.1 Å². The third-order valence-corrected chi connectivity index (χ3v) is 3.16. The Bertz CT molecular complexity index is 508. The van der Waals surface area contributed by atoms with Gasteiger partial charge in [-0.2, -0.15) is 5.10 Å². The van der Waals surface area contributed by atoms with Gasteiger partial charge in [-0.1, -0.05) is 23.2 Å². The monoisotopic (exact) mass is 269 g/mol. The summed E-state index contributed by atoms with van der Waals surface area (Å²) in [6, 6.07) is 7.45. The minimum atomic E-state index is 0.685. The molecule has 17 heavy (non-hydrogen) atoms. The lowest BCUT2D eigenvalue weighted by Gasteiger charge is -2.07. The second-order valence-corrected chi connectivity index (χ2v) is 4.63. The predicted molar refractivity (Wildman–Crippen MR) is 70.2 cm³/mol.